The zero-order valence-electron chi connectivity index (χ0n) is 13.5. The van der Waals surface area contributed by atoms with Crippen molar-refractivity contribution in [3.63, 3.8) is 0 Å². The highest BCUT2D eigenvalue weighted by atomic mass is 16.3. The topological polar surface area (TPSA) is 57.2 Å². The van der Waals surface area contributed by atoms with E-state index in [2.05, 4.69) is 6.07 Å². The molecule has 0 atom stereocenters. The zero-order valence-corrected chi connectivity index (χ0v) is 13.5. The standard InChI is InChI=1S/C19H24N2O2/c20-4-2-5-21(12-17-3-1-6-23-17)19(22)18-15-8-13-7-14(10-15)11-16(18)9-13/h1,3,6,13-16,18H,2,5,7-12H2. The van der Waals surface area contributed by atoms with Crippen LogP contribution >= 0.6 is 0 Å². The molecule has 1 aromatic heterocycles. The van der Waals surface area contributed by atoms with Crippen molar-refractivity contribution in [3.8, 4) is 6.07 Å². The zero-order chi connectivity index (χ0) is 15.8. The number of furan rings is 1. The minimum absolute atomic E-state index is 0.191. The Morgan fingerprint density at radius 2 is 1.91 bits per heavy atom. The minimum atomic E-state index is 0.191. The average Bonchev–Trinajstić information content (AvgIpc) is 3.03. The molecule has 4 aliphatic rings. The van der Waals surface area contributed by atoms with E-state index < -0.39 is 0 Å². The average molecular weight is 312 g/mol. The van der Waals surface area contributed by atoms with E-state index in [1.165, 1.54) is 32.1 Å². The second kappa shape index (κ2) is 6.03. The number of nitrogens with zero attached hydrogens (tertiary/aromatic N) is 2. The Morgan fingerprint density at radius 3 is 2.48 bits per heavy atom. The molecule has 4 fully saturated rings. The smallest absolute Gasteiger partial charge is 0.226 e. The lowest BCUT2D eigenvalue weighted by Crippen LogP contribution is -2.51. The maximum Gasteiger partial charge on any atom is 0.226 e. The number of amides is 1. The van der Waals surface area contributed by atoms with Gasteiger partial charge in [-0.25, -0.2) is 0 Å². The van der Waals surface area contributed by atoms with Gasteiger partial charge in [0.2, 0.25) is 5.91 Å². The molecule has 0 radical (unpaired) electrons. The lowest BCUT2D eigenvalue weighted by atomic mass is 9.51. The summed E-state index contributed by atoms with van der Waals surface area (Å²) in [6.45, 7) is 1.01. The summed E-state index contributed by atoms with van der Waals surface area (Å²) in [4.78, 5) is 15.1. The van der Waals surface area contributed by atoms with Crippen molar-refractivity contribution in [2.24, 2.45) is 29.6 Å². The highest BCUT2D eigenvalue weighted by molar-refractivity contribution is 5.80. The Bertz CT molecular complexity index is 573. The number of carbonyl (C=O) groups is 1. The number of nitriles is 1. The van der Waals surface area contributed by atoms with Crippen LogP contribution in [0.15, 0.2) is 22.8 Å². The van der Waals surface area contributed by atoms with Crippen molar-refractivity contribution < 1.29 is 9.21 Å². The molecule has 4 bridgehead atoms. The summed E-state index contributed by atoms with van der Waals surface area (Å²) in [6, 6.07) is 5.93. The largest absolute Gasteiger partial charge is 0.467 e. The summed E-state index contributed by atoms with van der Waals surface area (Å²) in [5.74, 6) is 4.18. The van der Waals surface area contributed by atoms with Crippen molar-refractivity contribution in [2.75, 3.05) is 6.54 Å². The van der Waals surface area contributed by atoms with Crippen LogP contribution < -0.4 is 0 Å². The Hall–Kier alpha value is -1.76. The molecule has 0 N–H and O–H groups in total. The first-order valence-electron chi connectivity index (χ1n) is 8.92. The molecule has 1 amide bonds. The summed E-state index contributed by atoms with van der Waals surface area (Å²) in [5, 5.41) is 8.92. The van der Waals surface area contributed by atoms with E-state index in [-0.39, 0.29) is 11.8 Å². The predicted molar refractivity (Wildman–Crippen MR) is 84.9 cm³/mol. The van der Waals surface area contributed by atoms with Crippen molar-refractivity contribution in [3.05, 3.63) is 24.2 Å². The molecule has 4 saturated carbocycles. The maximum atomic E-state index is 13.2. The second-order valence-electron chi connectivity index (χ2n) is 7.70. The first kappa shape index (κ1) is 14.8. The van der Waals surface area contributed by atoms with Crippen LogP contribution in [0.1, 0.15) is 44.3 Å². The molecule has 4 nitrogen and oxygen atoms in total. The Labute approximate surface area is 137 Å². The molecule has 1 heterocycles. The molecule has 0 unspecified atom stereocenters. The molecule has 23 heavy (non-hydrogen) atoms. The molecule has 1 aromatic rings. The highest BCUT2D eigenvalue weighted by Crippen LogP contribution is 2.56. The van der Waals surface area contributed by atoms with Crippen molar-refractivity contribution in [1.29, 1.82) is 5.26 Å². The molecule has 0 spiro atoms. The van der Waals surface area contributed by atoms with Gasteiger partial charge in [-0.1, -0.05) is 0 Å². The first-order valence-corrected chi connectivity index (χ1v) is 8.92. The third-order valence-corrected chi connectivity index (χ3v) is 6.24. The fraction of sp³-hybridized carbons (Fsp3) is 0.684. The van der Waals surface area contributed by atoms with E-state index >= 15 is 0 Å². The molecule has 0 aliphatic heterocycles. The molecular weight excluding hydrogens is 288 g/mol. The van der Waals surface area contributed by atoms with Gasteiger partial charge in [-0.2, -0.15) is 5.26 Å². The van der Waals surface area contributed by atoms with Crippen LogP contribution in [0.5, 0.6) is 0 Å². The normalized spacial score (nSPS) is 34.3. The van der Waals surface area contributed by atoms with Gasteiger partial charge in [0.15, 0.2) is 0 Å². The second-order valence-corrected chi connectivity index (χ2v) is 7.70. The van der Waals surface area contributed by atoms with Gasteiger partial charge in [-0.3, -0.25) is 4.79 Å². The summed E-state index contributed by atoms with van der Waals surface area (Å²) in [7, 11) is 0. The third-order valence-electron chi connectivity index (χ3n) is 6.24. The van der Waals surface area contributed by atoms with Crippen LogP contribution in [0.25, 0.3) is 0 Å². The first-order chi connectivity index (χ1) is 11.2. The molecule has 4 aliphatic carbocycles. The van der Waals surface area contributed by atoms with Crippen LogP contribution in [-0.4, -0.2) is 17.4 Å². The third kappa shape index (κ3) is 2.78. The lowest BCUT2D eigenvalue weighted by Gasteiger charge is -2.54. The van der Waals surface area contributed by atoms with Crippen LogP contribution in [0, 0.1) is 40.9 Å². The van der Waals surface area contributed by atoms with Crippen molar-refractivity contribution in [2.45, 2.75) is 45.1 Å². The van der Waals surface area contributed by atoms with Crippen molar-refractivity contribution in [1.82, 2.24) is 4.90 Å². The van der Waals surface area contributed by atoms with Crippen LogP contribution in [0.2, 0.25) is 0 Å². The molecule has 0 saturated heterocycles. The number of carbonyl (C=O) groups excluding carboxylic acids is 1. The quantitative estimate of drug-likeness (QED) is 0.834. The van der Waals surface area contributed by atoms with Gasteiger partial charge < -0.3 is 9.32 Å². The summed E-state index contributed by atoms with van der Waals surface area (Å²) >= 11 is 0. The minimum Gasteiger partial charge on any atom is -0.467 e. The van der Waals surface area contributed by atoms with E-state index in [1.807, 2.05) is 17.0 Å². The summed E-state index contributed by atoms with van der Waals surface area (Å²) < 4.78 is 5.42. The molecule has 5 rings (SSSR count). The molecular formula is C19H24N2O2. The van der Waals surface area contributed by atoms with E-state index in [0.29, 0.717) is 31.3 Å². The monoisotopic (exact) mass is 312 g/mol. The van der Waals surface area contributed by atoms with Gasteiger partial charge in [0.05, 0.1) is 25.3 Å². The van der Waals surface area contributed by atoms with E-state index in [4.69, 9.17) is 9.68 Å². The predicted octanol–water partition coefficient (Wildman–Crippen LogP) is 3.59. The molecule has 0 aromatic carbocycles. The fourth-order valence-electron chi connectivity index (χ4n) is 5.58. The van der Waals surface area contributed by atoms with Gasteiger partial charge in [0.1, 0.15) is 5.76 Å². The van der Waals surface area contributed by atoms with Crippen LogP contribution in [0.4, 0.5) is 0 Å². The summed E-state index contributed by atoms with van der Waals surface area (Å²) in [6.07, 6.45) is 8.42. The number of hydrogen-bond acceptors (Lipinski definition) is 3. The van der Waals surface area contributed by atoms with Gasteiger partial charge in [-0.15, -0.1) is 0 Å². The SMILES string of the molecule is N#CCCN(Cc1ccco1)C(=O)C1C2CC3CC(C2)CC1C3. The van der Waals surface area contributed by atoms with Crippen molar-refractivity contribution >= 4 is 5.91 Å². The molecule has 122 valence electrons. The number of hydrogen-bond donors (Lipinski definition) is 0. The number of rotatable bonds is 5. The van der Waals surface area contributed by atoms with E-state index in [9.17, 15) is 4.79 Å². The Kier molecular flexibility index (Phi) is 3.88. The summed E-state index contributed by atoms with van der Waals surface area (Å²) in [5.41, 5.74) is 0. The fourth-order valence-corrected chi connectivity index (χ4v) is 5.58. The highest BCUT2D eigenvalue weighted by Gasteiger charge is 2.51. The maximum absolute atomic E-state index is 13.2. The van der Waals surface area contributed by atoms with Crippen LogP contribution in [0.3, 0.4) is 0 Å². The van der Waals surface area contributed by atoms with E-state index in [0.717, 1.165) is 17.6 Å². The van der Waals surface area contributed by atoms with Gasteiger partial charge in [0, 0.05) is 12.5 Å². The van der Waals surface area contributed by atoms with Crippen LogP contribution in [-0.2, 0) is 11.3 Å². The molecule has 4 heteroatoms. The lowest BCUT2D eigenvalue weighted by molar-refractivity contribution is -0.150. The van der Waals surface area contributed by atoms with Gasteiger partial charge in [-0.05, 0) is 67.9 Å². The Balaban J connectivity index is 1.51. The van der Waals surface area contributed by atoms with E-state index in [1.54, 1.807) is 6.26 Å². The van der Waals surface area contributed by atoms with Gasteiger partial charge in [0.25, 0.3) is 0 Å². The van der Waals surface area contributed by atoms with Gasteiger partial charge >= 0.3 is 0 Å². The Morgan fingerprint density at radius 1 is 1.22 bits per heavy atom.